The summed E-state index contributed by atoms with van der Waals surface area (Å²) in [5.74, 6) is -1.07. The first kappa shape index (κ1) is 34.1. The summed E-state index contributed by atoms with van der Waals surface area (Å²) in [6.07, 6.45) is 7.12. The van der Waals surface area contributed by atoms with Gasteiger partial charge < -0.3 is 20.9 Å². The summed E-state index contributed by atoms with van der Waals surface area (Å²) in [6, 6.07) is 13.5. The van der Waals surface area contributed by atoms with Crippen LogP contribution in [0.2, 0.25) is 0 Å². The number of hydrogen-bond donors (Lipinski definition) is 3. The number of amides is 3. The third kappa shape index (κ3) is 9.59. The first-order valence-electron chi connectivity index (χ1n) is 16.0. The number of carbonyl (C=O) groups excluding carboxylic acids is 3. The van der Waals surface area contributed by atoms with E-state index in [9.17, 15) is 19.2 Å². The molecule has 244 valence electrons. The lowest BCUT2D eigenvalue weighted by Gasteiger charge is -2.21. The number of nitrogens with zero attached hydrogens (tertiary/aromatic N) is 2. The molecular formula is C34H47N5O6. The number of nitrogens with two attached hydrogens (primary N) is 2. The molecule has 0 bridgehead atoms. The summed E-state index contributed by atoms with van der Waals surface area (Å²) < 4.78 is 14.8. The van der Waals surface area contributed by atoms with Crippen molar-refractivity contribution in [2.45, 2.75) is 95.9 Å². The fourth-order valence-electron chi connectivity index (χ4n) is 5.68. The zero-order valence-electron chi connectivity index (χ0n) is 26.5. The highest BCUT2D eigenvalue weighted by molar-refractivity contribution is 6.00. The summed E-state index contributed by atoms with van der Waals surface area (Å²) in [6.45, 7) is 3.81. The topological polar surface area (TPSA) is 161 Å². The van der Waals surface area contributed by atoms with Crippen LogP contribution in [0.15, 0.2) is 47.3 Å². The number of nitrogens with one attached hydrogen (secondary N) is 1. The number of piperidine rings is 1. The highest BCUT2D eigenvalue weighted by Gasteiger charge is 2.31. The molecule has 1 unspecified atom stereocenters. The molecule has 0 saturated carbocycles. The minimum absolute atomic E-state index is 0.154. The van der Waals surface area contributed by atoms with E-state index in [1.165, 1.54) is 10.1 Å². The number of rotatable bonds is 18. The second-order valence-corrected chi connectivity index (χ2v) is 12.0. The summed E-state index contributed by atoms with van der Waals surface area (Å²) >= 11 is 0. The molecule has 11 nitrogen and oxygen atoms in total. The van der Waals surface area contributed by atoms with E-state index in [0.29, 0.717) is 31.6 Å². The van der Waals surface area contributed by atoms with Gasteiger partial charge in [-0.1, -0.05) is 36.8 Å². The average Bonchev–Trinajstić information content (AvgIpc) is 3.27. The van der Waals surface area contributed by atoms with E-state index in [0.717, 1.165) is 61.8 Å². The normalized spacial score (nSPS) is 16.6. The minimum Gasteiger partial charge on any atom is -0.381 e. The molecule has 3 atom stereocenters. The smallest absolute Gasteiger partial charge is 0.329 e. The fraction of sp³-hybridized carbons (Fsp3) is 0.529. The third-order valence-electron chi connectivity index (χ3n) is 8.55. The summed E-state index contributed by atoms with van der Waals surface area (Å²) in [4.78, 5) is 47.8. The molecule has 3 amide bonds. The third-order valence-corrected chi connectivity index (χ3v) is 8.55. The second-order valence-electron chi connectivity index (χ2n) is 12.0. The largest absolute Gasteiger partial charge is 0.381 e. The second kappa shape index (κ2) is 16.5. The van der Waals surface area contributed by atoms with Crippen molar-refractivity contribution in [1.82, 2.24) is 14.5 Å². The molecule has 5 N–H and O–H groups in total. The lowest BCUT2D eigenvalue weighted by Crippen LogP contribution is -2.44. The zero-order valence-corrected chi connectivity index (χ0v) is 26.5. The van der Waals surface area contributed by atoms with Gasteiger partial charge in [0.1, 0.15) is 6.04 Å². The lowest BCUT2D eigenvalue weighted by molar-refractivity contribution is -0.135. The van der Waals surface area contributed by atoms with E-state index >= 15 is 0 Å². The highest BCUT2D eigenvalue weighted by atomic mass is 16.5. The number of imidazole rings is 1. The predicted molar refractivity (Wildman–Crippen MR) is 172 cm³/mol. The first-order valence-corrected chi connectivity index (χ1v) is 16.0. The first-order chi connectivity index (χ1) is 21.6. The molecule has 0 aliphatic carbocycles. The van der Waals surface area contributed by atoms with Gasteiger partial charge >= 0.3 is 5.69 Å². The van der Waals surface area contributed by atoms with E-state index in [1.807, 2.05) is 25.1 Å². The maximum Gasteiger partial charge on any atom is 0.329 e. The Balaban J connectivity index is 1.10. The van der Waals surface area contributed by atoms with Crippen LogP contribution in [0.4, 0.5) is 0 Å². The predicted octanol–water partition coefficient (Wildman–Crippen LogP) is 3.18. The van der Waals surface area contributed by atoms with E-state index in [4.69, 9.17) is 20.9 Å². The van der Waals surface area contributed by atoms with Crippen molar-refractivity contribution in [2.24, 2.45) is 18.5 Å². The van der Waals surface area contributed by atoms with Crippen molar-refractivity contribution in [3.8, 4) is 0 Å². The van der Waals surface area contributed by atoms with Crippen molar-refractivity contribution < 1.29 is 23.9 Å². The Morgan fingerprint density at radius 3 is 2.38 bits per heavy atom. The van der Waals surface area contributed by atoms with E-state index < -0.39 is 11.9 Å². The number of carbonyl (C=O) groups is 3. The van der Waals surface area contributed by atoms with Crippen LogP contribution in [-0.2, 0) is 50.4 Å². The molecule has 45 heavy (non-hydrogen) atoms. The van der Waals surface area contributed by atoms with Crippen LogP contribution in [0.25, 0.3) is 11.0 Å². The van der Waals surface area contributed by atoms with Crippen molar-refractivity contribution in [2.75, 3.05) is 13.2 Å². The molecule has 4 rings (SSSR count). The number of fused-ring (bicyclic) bond motifs is 1. The van der Waals surface area contributed by atoms with Crippen LogP contribution in [0.3, 0.4) is 0 Å². The molecule has 3 aromatic rings. The van der Waals surface area contributed by atoms with Crippen molar-refractivity contribution in [3.63, 3.8) is 0 Å². The monoisotopic (exact) mass is 621 g/mol. The van der Waals surface area contributed by atoms with Crippen LogP contribution in [0.1, 0.15) is 81.0 Å². The number of aromatic nitrogens is 2. The molecule has 1 fully saturated rings. The quantitative estimate of drug-likeness (QED) is 0.145. The maximum absolute atomic E-state index is 12.9. The Morgan fingerprint density at radius 2 is 1.64 bits per heavy atom. The number of aryl methyl sites for hydroxylation is 3. The number of benzene rings is 2. The minimum atomic E-state index is -0.675. The Kier molecular flexibility index (Phi) is 12.5. The van der Waals surface area contributed by atoms with Crippen LogP contribution in [-0.4, -0.2) is 52.2 Å². The van der Waals surface area contributed by atoms with Gasteiger partial charge in [-0.3, -0.25) is 28.8 Å². The van der Waals surface area contributed by atoms with Crippen molar-refractivity contribution >= 4 is 28.8 Å². The van der Waals surface area contributed by atoms with Gasteiger partial charge in [0.25, 0.3) is 0 Å². The van der Waals surface area contributed by atoms with Gasteiger partial charge in [0.05, 0.1) is 23.7 Å². The number of imide groups is 1. The van der Waals surface area contributed by atoms with Gasteiger partial charge in [-0.05, 0) is 80.7 Å². The highest BCUT2D eigenvalue weighted by Crippen LogP contribution is 2.24. The standard InChI is InChI=1S/C34H47N5O6/c1-23(27(35)14-17-31(36)40)45-22-26-11-9-24(10-12-26)7-4-3-5-19-44-20-6-8-25-13-15-28-30(21-25)38(2)34(43)39(28)29-16-18-32(41)37-33(29)42/h9-13,15,21,23,27,29H,3-8,14,16-20,22,35H2,1-2H3,(H2,36,40)(H,37,41,42)/t23-,27+,29?/m1/s1. The average molecular weight is 622 g/mol. The molecule has 2 heterocycles. The number of ether oxygens (including phenoxy) is 2. The number of hydrogen-bond acceptors (Lipinski definition) is 7. The van der Waals surface area contributed by atoms with Gasteiger partial charge in [0, 0.05) is 39.1 Å². The number of primary amides is 1. The molecule has 1 saturated heterocycles. The van der Waals surface area contributed by atoms with Gasteiger partial charge in [-0.25, -0.2) is 4.79 Å². The van der Waals surface area contributed by atoms with Crippen LogP contribution < -0.4 is 22.5 Å². The van der Waals surface area contributed by atoms with E-state index in [1.54, 1.807) is 11.6 Å². The van der Waals surface area contributed by atoms with E-state index in [-0.39, 0.29) is 42.5 Å². The molecule has 11 heteroatoms. The Bertz CT molecular complexity index is 1510. The summed E-state index contributed by atoms with van der Waals surface area (Å²) in [5, 5.41) is 2.34. The number of unbranched alkanes of at least 4 members (excludes halogenated alkanes) is 2. The fourth-order valence-corrected chi connectivity index (χ4v) is 5.68. The molecule has 1 aliphatic rings. The molecule has 2 aromatic carbocycles. The molecule has 1 aromatic heterocycles. The van der Waals surface area contributed by atoms with Crippen LogP contribution in [0.5, 0.6) is 0 Å². The van der Waals surface area contributed by atoms with Gasteiger partial charge in [-0.15, -0.1) is 0 Å². The van der Waals surface area contributed by atoms with Crippen molar-refractivity contribution in [1.29, 1.82) is 0 Å². The van der Waals surface area contributed by atoms with Crippen molar-refractivity contribution in [3.05, 3.63) is 69.6 Å². The Morgan fingerprint density at radius 1 is 0.956 bits per heavy atom. The van der Waals surface area contributed by atoms with Gasteiger partial charge in [0.2, 0.25) is 17.7 Å². The maximum atomic E-state index is 12.9. The molecular weight excluding hydrogens is 574 g/mol. The van der Waals surface area contributed by atoms with Gasteiger partial charge in [-0.2, -0.15) is 0 Å². The van der Waals surface area contributed by atoms with Gasteiger partial charge in [0.15, 0.2) is 0 Å². The molecule has 1 aliphatic heterocycles. The van der Waals surface area contributed by atoms with Crippen LogP contribution >= 0.6 is 0 Å². The summed E-state index contributed by atoms with van der Waals surface area (Å²) in [7, 11) is 1.71. The zero-order chi connectivity index (χ0) is 32.3. The van der Waals surface area contributed by atoms with Crippen LogP contribution in [0, 0.1) is 0 Å². The molecule has 0 spiro atoms. The SMILES string of the molecule is C[C@@H](OCc1ccc(CCCCCOCCCc2ccc3c(c2)n(C)c(=O)n3C2CCC(=O)NC2=O)cc1)[C@@H](N)CCC(N)=O. The Hall–Kier alpha value is -3.80. The Labute approximate surface area is 264 Å². The summed E-state index contributed by atoms with van der Waals surface area (Å²) in [5.41, 5.74) is 16.0. The van der Waals surface area contributed by atoms with E-state index in [2.05, 4.69) is 29.6 Å². The molecule has 0 radical (unpaired) electrons. The lowest BCUT2D eigenvalue weighted by atomic mass is 10.1.